The Balaban J connectivity index is 1.35. The van der Waals surface area contributed by atoms with Gasteiger partial charge in [-0.15, -0.1) is 0 Å². The van der Waals surface area contributed by atoms with Crippen molar-refractivity contribution in [3.05, 3.63) is 122 Å². The first-order valence-corrected chi connectivity index (χ1v) is 12.0. The highest BCUT2D eigenvalue weighted by atomic mass is 35.5. The van der Waals surface area contributed by atoms with Crippen LogP contribution in [0.3, 0.4) is 0 Å². The highest BCUT2D eigenvalue weighted by Crippen LogP contribution is 2.27. The number of carbonyl (C=O) groups is 1. The van der Waals surface area contributed by atoms with Gasteiger partial charge in [-0.05, 0) is 67.6 Å². The lowest BCUT2D eigenvalue weighted by atomic mass is 10.1. The fourth-order valence-electron chi connectivity index (χ4n) is 3.84. The second-order valence-electron chi connectivity index (χ2n) is 8.52. The van der Waals surface area contributed by atoms with Crippen molar-refractivity contribution < 1.29 is 14.1 Å². The van der Waals surface area contributed by atoms with E-state index >= 15 is 0 Å². The summed E-state index contributed by atoms with van der Waals surface area (Å²) in [5.41, 5.74) is 2.91. The summed E-state index contributed by atoms with van der Waals surface area (Å²) >= 11 is 5.94. The van der Waals surface area contributed by atoms with Crippen molar-refractivity contribution in [2.75, 3.05) is 10.6 Å². The number of hydrogen-bond donors (Lipinski definition) is 3. The number of nitrogens with zero attached hydrogens (tertiary/aromatic N) is 2. The van der Waals surface area contributed by atoms with Gasteiger partial charge in [0, 0.05) is 45.2 Å². The monoisotopic (exact) mass is 541 g/mol. The molecule has 0 spiro atoms. The zero-order chi connectivity index (χ0) is 27.5. The number of carbonyl (C=O) groups excluding carboxylic acids is 1. The van der Waals surface area contributed by atoms with Crippen LogP contribution >= 0.6 is 11.6 Å². The maximum Gasteiger partial charge on any atom is 0.291 e. The maximum atomic E-state index is 12.9. The van der Waals surface area contributed by atoms with E-state index in [0.717, 1.165) is 0 Å². The van der Waals surface area contributed by atoms with Crippen LogP contribution in [0.1, 0.15) is 16.1 Å². The first-order valence-electron chi connectivity index (χ1n) is 11.7. The molecule has 0 fully saturated rings. The molecule has 1 amide bonds. The lowest BCUT2D eigenvalue weighted by molar-refractivity contribution is -0.384. The number of H-pyrrole nitrogens is 1. The van der Waals surface area contributed by atoms with Crippen LogP contribution in [-0.2, 0) is 0 Å². The van der Waals surface area contributed by atoms with E-state index in [9.17, 15) is 19.7 Å². The largest absolute Gasteiger partial charge is 0.451 e. The van der Waals surface area contributed by atoms with Crippen LogP contribution in [0.15, 0.2) is 94.1 Å². The molecule has 194 valence electrons. The summed E-state index contributed by atoms with van der Waals surface area (Å²) in [6, 6.07) is 22.9. The van der Waals surface area contributed by atoms with Crippen molar-refractivity contribution in [1.82, 2.24) is 9.97 Å². The zero-order valence-electron chi connectivity index (χ0n) is 20.4. The number of aromatic amines is 1. The zero-order valence-corrected chi connectivity index (χ0v) is 21.2. The van der Waals surface area contributed by atoms with Crippen LogP contribution in [0.2, 0.25) is 5.02 Å². The number of furan rings is 1. The van der Waals surface area contributed by atoms with E-state index in [-0.39, 0.29) is 23.0 Å². The van der Waals surface area contributed by atoms with Crippen LogP contribution in [0, 0.1) is 17.0 Å². The molecule has 0 bridgehead atoms. The predicted octanol–water partition coefficient (Wildman–Crippen LogP) is 6.56. The molecule has 5 aromatic rings. The molecule has 0 radical (unpaired) electrons. The van der Waals surface area contributed by atoms with Gasteiger partial charge >= 0.3 is 0 Å². The molecule has 0 aliphatic rings. The summed E-state index contributed by atoms with van der Waals surface area (Å²) in [7, 11) is 0. The van der Waals surface area contributed by atoms with Crippen LogP contribution < -0.4 is 16.2 Å². The second-order valence-corrected chi connectivity index (χ2v) is 8.96. The number of nitro benzene ring substituents is 1. The molecule has 11 heteroatoms. The number of rotatable bonds is 7. The molecule has 2 heterocycles. The Morgan fingerprint density at radius 1 is 0.974 bits per heavy atom. The fraction of sp³-hybridized carbons (Fsp3) is 0.0357. The normalized spacial score (nSPS) is 10.7. The summed E-state index contributed by atoms with van der Waals surface area (Å²) in [4.78, 5) is 43.2. The Bertz CT molecular complexity index is 1740. The van der Waals surface area contributed by atoms with E-state index in [1.165, 1.54) is 18.2 Å². The average Bonchev–Trinajstić information content (AvgIpc) is 3.43. The third kappa shape index (κ3) is 5.71. The molecule has 3 aromatic carbocycles. The van der Waals surface area contributed by atoms with Crippen molar-refractivity contribution in [2.45, 2.75) is 6.92 Å². The molecular formula is C28H20ClN5O5. The Morgan fingerprint density at radius 3 is 2.44 bits per heavy atom. The third-order valence-corrected chi connectivity index (χ3v) is 6.10. The molecule has 0 saturated carbocycles. The summed E-state index contributed by atoms with van der Waals surface area (Å²) in [6.07, 6.45) is 0. The molecule has 0 aliphatic heterocycles. The molecule has 0 atom stereocenters. The van der Waals surface area contributed by atoms with Crippen molar-refractivity contribution in [3.63, 3.8) is 0 Å². The van der Waals surface area contributed by atoms with Crippen molar-refractivity contribution in [2.24, 2.45) is 0 Å². The van der Waals surface area contributed by atoms with E-state index < -0.39 is 10.8 Å². The number of benzene rings is 3. The van der Waals surface area contributed by atoms with Gasteiger partial charge in [-0.3, -0.25) is 24.7 Å². The molecule has 0 unspecified atom stereocenters. The molecule has 2 aromatic heterocycles. The summed E-state index contributed by atoms with van der Waals surface area (Å²) < 4.78 is 5.68. The van der Waals surface area contributed by atoms with E-state index in [4.69, 9.17) is 16.0 Å². The van der Waals surface area contributed by atoms with Gasteiger partial charge in [-0.2, -0.15) is 0 Å². The van der Waals surface area contributed by atoms with Gasteiger partial charge < -0.3 is 15.1 Å². The number of amides is 1. The van der Waals surface area contributed by atoms with Crippen molar-refractivity contribution >= 4 is 40.5 Å². The standard InChI is InChI=1S/C28H20ClN5O5/c1-16-25(32-28(33-26(16)35)31-20-9-7-19(29)8-10-20)18-3-2-4-21(15-18)30-27(36)24-14-13-23(39-24)17-5-11-22(12-6-17)34(37)38/h2-15H,1H3,(H,30,36)(H2,31,32,33,35). The number of aromatic nitrogens is 2. The Labute approximate surface area is 226 Å². The number of hydrogen-bond acceptors (Lipinski definition) is 7. The minimum atomic E-state index is -0.488. The van der Waals surface area contributed by atoms with Crippen LogP contribution in [-0.4, -0.2) is 20.8 Å². The van der Waals surface area contributed by atoms with Crippen molar-refractivity contribution in [3.8, 4) is 22.6 Å². The highest BCUT2D eigenvalue weighted by molar-refractivity contribution is 6.30. The fourth-order valence-corrected chi connectivity index (χ4v) is 3.97. The van der Waals surface area contributed by atoms with Crippen LogP contribution in [0.25, 0.3) is 22.6 Å². The van der Waals surface area contributed by atoms with Gasteiger partial charge in [0.2, 0.25) is 5.95 Å². The predicted molar refractivity (Wildman–Crippen MR) is 149 cm³/mol. The third-order valence-electron chi connectivity index (χ3n) is 5.84. The first kappa shape index (κ1) is 25.4. The molecule has 0 saturated heterocycles. The van der Waals surface area contributed by atoms with Crippen LogP contribution in [0.4, 0.5) is 23.0 Å². The van der Waals surface area contributed by atoms with Gasteiger partial charge in [0.05, 0.1) is 10.6 Å². The second kappa shape index (κ2) is 10.6. The number of nitrogens with one attached hydrogen (secondary N) is 3. The van der Waals surface area contributed by atoms with Crippen molar-refractivity contribution in [1.29, 1.82) is 0 Å². The topological polar surface area (TPSA) is 143 Å². The van der Waals surface area contributed by atoms with Crippen LogP contribution in [0.5, 0.6) is 0 Å². The molecular weight excluding hydrogens is 522 g/mol. The lowest BCUT2D eigenvalue weighted by Gasteiger charge is -2.11. The van der Waals surface area contributed by atoms with Gasteiger partial charge in [0.15, 0.2) is 5.76 Å². The first-order chi connectivity index (χ1) is 18.8. The summed E-state index contributed by atoms with van der Waals surface area (Å²) in [5.74, 6) is 0.231. The van der Waals surface area contributed by atoms with E-state index in [1.54, 1.807) is 73.7 Å². The van der Waals surface area contributed by atoms with Gasteiger partial charge in [-0.25, -0.2) is 4.98 Å². The van der Waals surface area contributed by atoms with E-state index in [1.807, 2.05) is 0 Å². The van der Waals surface area contributed by atoms with Gasteiger partial charge in [0.1, 0.15) is 5.76 Å². The van der Waals surface area contributed by atoms with Gasteiger partial charge in [-0.1, -0.05) is 23.7 Å². The Morgan fingerprint density at radius 2 is 1.72 bits per heavy atom. The number of anilines is 3. The Hall–Kier alpha value is -5.22. The number of non-ortho nitro benzene ring substituents is 1. The SMILES string of the molecule is Cc1c(-c2cccc(NC(=O)c3ccc(-c4ccc([N+](=O)[O-])cc4)o3)c2)nc(Nc2ccc(Cl)cc2)[nH]c1=O. The lowest BCUT2D eigenvalue weighted by Crippen LogP contribution is -2.15. The Kier molecular flexibility index (Phi) is 6.94. The highest BCUT2D eigenvalue weighted by Gasteiger charge is 2.15. The molecule has 10 nitrogen and oxygen atoms in total. The average molecular weight is 542 g/mol. The molecule has 3 N–H and O–H groups in total. The van der Waals surface area contributed by atoms with E-state index in [0.29, 0.717) is 44.5 Å². The quantitative estimate of drug-likeness (QED) is 0.156. The minimum absolute atomic E-state index is 0.0406. The molecule has 5 rings (SSSR count). The smallest absolute Gasteiger partial charge is 0.291 e. The van der Waals surface area contributed by atoms with E-state index in [2.05, 4.69) is 20.6 Å². The number of nitro groups is 1. The summed E-state index contributed by atoms with van der Waals surface area (Å²) in [5, 5.41) is 17.3. The number of halogens is 1. The molecule has 0 aliphatic carbocycles. The summed E-state index contributed by atoms with van der Waals surface area (Å²) in [6.45, 7) is 1.67. The maximum absolute atomic E-state index is 12.9. The molecule has 39 heavy (non-hydrogen) atoms. The minimum Gasteiger partial charge on any atom is -0.451 e. The van der Waals surface area contributed by atoms with Gasteiger partial charge in [0.25, 0.3) is 17.2 Å².